The minimum absolute atomic E-state index is 0.110. The van der Waals surface area contributed by atoms with Gasteiger partial charge in [0.05, 0.1) is 0 Å². The summed E-state index contributed by atoms with van der Waals surface area (Å²) in [6.07, 6.45) is 2.74. The number of hydrogen-bond donors (Lipinski definition) is 0. The first-order chi connectivity index (χ1) is 7.77. The van der Waals surface area contributed by atoms with Gasteiger partial charge in [-0.15, -0.1) is 0 Å². The van der Waals surface area contributed by atoms with E-state index in [4.69, 9.17) is 0 Å². The van der Waals surface area contributed by atoms with E-state index < -0.39 is 0 Å². The Morgan fingerprint density at radius 3 is 2.56 bits per heavy atom. The average Bonchev–Trinajstić information content (AvgIpc) is 2.32. The third-order valence-corrected chi connectivity index (χ3v) is 2.69. The molecule has 0 bridgehead atoms. The molecule has 0 N–H and O–H groups in total. The molecule has 2 heteroatoms. The monoisotopic (exact) mass is 213 g/mol. The molecule has 0 saturated heterocycles. The Morgan fingerprint density at radius 2 is 1.81 bits per heavy atom. The van der Waals surface area contributed by atoms with Gasteiger partial charge in [-0.05, 0) is 25.0 Å². The van der Waals surface area contributed by atoms with Crippen LogP contribution in [0.15, 0.2) is 53.5 Å². The van der Waals surface area contributed by atoms with Crippen molar-refractivity contribution in [2.24, 2.45) is 0 Å². The fourth-order valence-corrected chi connectivity index (χ4v) is 1.73. The van der Waals surface area contributed by atoms with Gasteiger partial charge >= 0.3 is 0 Å². The summed E-state index contributed by atoms with van der Waals surface area (Å²) in [5.41, 5.74) is 2.17. The van der Waals surface area contributed by atoms with E-state index >= 15 is 0 Å². The van der Waals surface area contributed by atoms with Gasteiger partial charge in [0.25, 0.3) is 5.56 Å². The molecule has 0 fully saturated rings. The number of pyridine rings is 1. The van der Waals surface area contributed by atoms with Gasteiger partial charge in [0.2, 0.25) is 0 Å². The van der Waals surface area contributed by atoms with Crippen LogP contribution < -0.4 is 5.56 Å². The number of hydrogen-bond acceptors (Lipinski definition) is 1. The Kier molecular flexibility index (Phi) is 3.20. The number of rotatable bonds is 3. The van der Waals surface area contributed by atoms with Crippen molar-refractivity contribution in [2.45, 2.75) is 19.9 Å². The Balaban J connectivity index is 2.11. The van der Waals surface area contributed by atoms with E-state index in [1.165, 1.54) is 5.56 Å². The molecule has 2 rings (SSSR count). The zero-order chi connectivity index (χ0) is 11.4. The molecule has 0 saturated carbocycles. The van der Waals surface area contributed by atoms with Crippen molar-refractivity contribution < 1.29 is 0 Å². The summed E-state index contributed by atoms with van der Waals surface area (Å²) in [5, 5.41) is 0. The lowest BCUT2D eigenvalue weighted by Gasteiger charge is -2.06. The largest absolute Gasteiger partial charge is 0.315 e. The molecule has 0 amide bonds. The van der Waals surface area contributed by atoms with Gasteiger partial charge in [0.1, 0.15) is 0 Å². The van der Waals surface area contributed by atoms with Gasteiger partial charge in [0, 0.05) is 18.3 Å². The third-order valence-electron chi connectivity index (χ3n) is 2.69. The number of aromatic nitrogens is 1. The molecule has 82 valence electrons. The fourth-order valence-electron chi connectivity index (χ4n) is 1.73. The van der Waals surface area contributed by atoms with Crippen LogP contribution in [-0.4, -0.2) is 4.57 Å². The molecule has 0 atom stereocenters. The van der Waals surface area contributed by atoms with Crippen LogP contribution in [0.1, 0.15) is 11.1 Å². The van der Waals surface area contributed by atoms with E-state index in [2.05, 4.69) is 12.1 Å². The zero-order valence-corrected chi connectivity index (χ0v) is 9.39. The first-order valence-corrected chi connectivity index (χ1v) is 5.47. The quantitative estimate of drug-likeness (QED) is 0.767. The summed E-state index contributed by atoms with van der Waals surface area (Å²) in [7, 11) is 0. The first kappa shape index (κ1) is 10.7. The molecule has 0 aliphatic rings. The first-order valence-electron chi connectivity index (χ1n) is 5.47. The molecule has 0 aliphatic heterocycles. The van der Waals surface area contributed by atoms with Crippen LogP contribution in [0, 0.1) is 6.92 Å². The van der Waals surface area contributed by atoms with Crippen molar-refractivity contribution in [2.75, 3.05) is 0 Å². The second kappa shape index (κ2) is 4.79. The van der Waals surface area contributed by atoms with E-state index in [1.807, 2.05) is 43.5 Å². The summed E-state index contributed by atoms with van der Waals surface area (Å²) in [6.45, 7) is 2.59. The van der Waals surface area contributed by atoms with Crippen LogP contribution >= 0.6 is 0 Å². The van der Waals surface area contributed by atoms with Crippen LogP contribution in [-0.2, 0) is 13.0 Å². The second-order valence-electron chi connectivity index (χ2n) is 3.93. The molecule has 1 heterocycles. The number of aryl methyl sites for hydroxylation is 3. The molecule has 16 heavy (non-hydrogen) atoms. The molecular formula is C14H15NO. The van der Waals surface area contributed by atoms with E-state index in [9.17, 15) is 4.79 Å². The number of nitrogens with zero attached hydrogens (tertiary/aromatic N) is 1. The molecule has 1 aromatic carbocycles. The molecule has 0 radical (unpaired) electrons. The minimum Gasteiger partial charge on any atom is -0.315 e. The smallest absolute Gasteiger partial charge is 0.253 e. The van der Waals surface area contributed by atoms with Crippen molar-refractivity contribution in [3.63, 3.8) is 0 Å². The average molecular weight is 213 g/mol. The van der Waals surface area contributed by atoms with Gasteiger partial charge in [0.15, 0.2) is 0 Å². The number of benzene rings is 1. The van der Waals surface area contributed by atoms with Crippen LogP contribution in [0.5, 0.6) is 0 Å². The summed E-state index contributed by atoms with van der Waals surface area (Å²) >= 11 is 0. The Morgan fingerprint density at radius 1 is 1.06 bits per heavy atom. The van der Waals surface area contributed by atoms with Gasteiger partial charge in [-0.2, -0.15) is 0 Å². The highest BCUT2D eigenvalue weighted by molar-refractivity contribution is 5.15. The molecule has 2 nitrogen and oxygen atoms in total. The van der Waals surface area contributed by atoms with Gasteiger partial charge in [-0.25, -0.2) is 0 Å². The summed E-state index contributed by atoms with van der Waals surface area (Å²) in [5.74, 6) is 0. The maximum atomic E-state index is 11.8. The van der Waals surface area contributed by atoms with Gasteiger partial charge < -0.3 is 4.57 Å². The highest BCUT2D eigenvalue weighted by atomic mass is 16.1. The van der Waals surface area contributed by atoms with Crippen LogP contribution in [0.3, 0.4) is 0 Å². The highest BCUT2D eigenvalue weighted by Gasteiger charge is 1.98. The van der Waals surface area contributed by atoms with Crippen molar-refractivity contribution in [3.05, 3.63) is 70.1 Å². The molecule has 2 aromatic rings. The molecule has 0 aliphatic carbocycles. The summed E-state index contributed by atoms with van der Waals surface area (Å²) < 4.78 is 1.77. The Bertz CT molecular complexity index is 514. The molecule has 0 spiro atoms. The standard InChI is InChI=1S/C14H15NO/c1-12-6-5-10-15(14(12)16)11-9-13-7-3-2-4-8-13/h2-8,10H,9,11H2,1H3. The van der Waals surface area contributed by atoms with E-state index in [0.29, 0.717) is 0 Å². The maximum absolute atomic E-state index is 11.8. The van der Waals surface area contributed by atoms with E-state index in [0.717, 1.165) is 18.5 Å². The Hall–Kier alpha value is -1.83. The van der Waals surface area contributed by atoms with E-state index in [-0.39, 0.29) is 5.56 Å². The zero-order valence-electron chi connectivity index (χ0n) is 9.39. The lowest BCUT2D eigenvalue weighted by molar-refractivity contribution is 0.665. The normalized spacial score (nSPS) is 10.3. The lowest BCUT2D eigenvalue weighted by Crippen LogP contribution is -2.22. The minimum atomic E-state index is 0.110. The van der Waals surface area contributed by atoms with Crippen molar-refractivity contribution in [1.82, 2.24) is 4.57 Å². The van der Waals surface area contributed by atoms with Crippen molar-refractivity contribution in [3.8, 4) is 0 Å². The maximum Gasteiger partial charge on any atom is 0.253 e. The van der Waals surface area contributed by atoms with Crippen molar-refractivity contribution >= 4 is 0 Å². The predicted octanol–water partition coefficient (Wildman–Crippen LogP) is 2.40. The van der Waals surface area contributed by atoms with Crippen molar-refractivity contribution in [1.29, 1.82) is 0 Å². The lowest BCUT2D eigenvalue weighted by atomic mass is 10.1. The topological polar surface area (TPSA) is 22.0 Å². The molecular weight excluding hydrogens is 198 g/mol. The summed E-state index contributed by atoms with van der Waals surface area (Å²) in [4.78, 5) is 11.8. The fraction of sp³-hybridized carbons (Fsp3) is 0.214. The van der Waals surface area contributed by atoms with Crippen LogP contribution in [0.25, 0.3) is 0 Å². The van der Waals surface area contributed by atoms with Crippen LogP contribution in [0.2, 0.25) is 0 Å². The summed E-state index contributed by atoms with van der Waals surface area (Å²) in [6, 6.07) is 14.0. The highest BCUT2D eigenvalue weighted by Crippen LogP contribution is 2.01. The van der Waals surface area contributed by atoms with E-state index in [1.54, 1.807) is 4.57 Å². The second-order valence-corrected chi connectivity index (χ2v) is 3.93. The van der Waals surface area contributed by atoms with Crippen LogP contribution in [0.4, 0.5) is 0 Å². The predicted molar refractivity (Wildman–Crippen MR) is 65.6 cm³/mol. The van der Waals surface area contributed by atoms with Gasteiger partial charge in [-0.3, -0.25) is 4.79 Å². The Labute approximate surface area is 95.2 Å². The third kappa shape index (κ3) is 2.40. The molecule has 1 aromatic heterocycles. The SMILES string of the molecule is Cc1cccn(CCc2ccccc2)c1=O. The molecule has 0 unspecified atom stereocenters. The van der Waals surface area contributed by atoms with Gasteiger partial charge in [-0.1, -0.05) is 36.4 Å².